The Bertz CT molecular complexity index is 498. The second kappa shape index (κ2) is 4.22. The molecule has 2 aromatic rings. The molecule has 0 amide bonds. The molecule has 1 unspecified atom stereocenters. The first-order valence-electron chi connectivity index (χ1n) is 5.76. The standard InChI is InChI=1S/C13H14N2O2/c14-13-11(8-15-17-13)9-3-5-10(6-4-9)12-2-1-7-16-12/h3-6,8,12H,1-2,7,14H2. The number of hydrogen-bond acceptors (Lipinski definition) is 4. The summed E-state index contributed by atoms with van der Waals surface area (Å²) in [6, 6.07) is 8.22. The van der Waals surface area contributed by atoms with Crippen molar-refractivity contribution in [2.45, 2.75) is 18.9 Å². The van der Waals surface area contributed by atoms with Crippen molar-refractivity contribution in [3.05, 3.63) is 36.0 Å². The summed E-state index contributed by atoms with van der Waals surface area (Å²) in [5.41, 5.74) is 8.76. The molecular formula is C13H14N2O2. The Morgan fingerprint density at radius 1 is 1.24 bits per heavy atom. The van der Waals surface area contributed by atoms with Crippen LogP contribution < -0.4 is 5.73 Å². The van der Waals surface area contributed by atoms with Crippen LogP contribution in [0, 0.1) is 0 Å². The summed E-state index contributed by atoms with van der Waals surface area (Å²) in [5.74, 6) is 0.356. The van der Waals surface area contributed by atoms with E-state index in [1.165, 1.54) is 5.56 Å². The number of hydrogen-bond donors (Lipinski definition) is 1. The molecule has 0 bridgehead atoms. The van der Waals surface area contributed by atoms with E-state index in [4.69, 9.17) is 15.0 Å². The van der Waals surface area contributed by atoms with E-state index >= 15 is 0 Å². The van der Waals surface area contributed by atoms with Crippen LogP contribution in [-0.2, 0) is 4.74 Å². The first kappa shape index (κ1) is 10.4. The summed E-state index contributed by atoms with van der Waals surface area (Å²) in [4.78, 5) is 0. The fourth-order valence-electron chi connectivity index (χ4n) is 2.18. The van der Waals surface area contributed by atoms with Crippen molar-refractivity contribution in [1.29, 1.82) is 0 Å². The average Bonchev–Trinajstić information content (AvgIpc) is 3.00. The molecule has 0 aliphatic carbocycles. The fraction of sp³-hybridized carbons (Fsp3) is 0.308. The molecule has 0 saturated carbocycles. The van der Waals surface area contributed by atoms with Crippen LogP contribution in [0.4, 0.5) is 5.88 Å². The first-order valence-corrected chi connectivity index (χ1v) is 5.76. The number of aromatic nitrogens is 1. The number of ether oxygens (including phenoxy) is 1. The van der Waals surface area contributed by atoms with Crippen molar-refractivity contribution in [3.63, 3.8) is 0 Å². The summed E-state index contributed by atoms with van der Waals surface area (Å²) >= 11 is 0. The summed E-state index contributed by atoms with van der Waals surface area (Å²) in [6.45, 7) is 0.866. The van der Waals surface area contributed by atoms with Crippen LogP contribution in [-0.4, -0.2) is 11.8 Å². The molecule has 4 nitrogen and oxygen atoms in total. The van der Waals surface area contributed by atoms with Crippen LogP contribution in [0.5, 0.6) is 0 Å². The van der Waals surface area contributed by atoms with Gasteiger partial charge in [-0.3, -0.25) is 0 Å². The smallest absolute Gasteiger partial charge is 0.229 e. The van der Waals surface area contributed by atoms with Crippen LogP contribution in [0.2, 0.25) is 0 Å². The lowest BCUT2D eigenvalue weighted by molar-refractivity contribution is 0.112. The lowest BCUT2D eigenvalue weighted by Gasteiger charge is -2.09. The van der Waals surface area contributed by atoms with Crippen molar-refractivity contribution in [1.82, 2.24) is 5.16 Å². The molecule has 1 aliphatic heterocycles. The highest BCUT2D eigenvalue weighted by Gasteiger charge is 2.17. The van der Waals surface area contributed by atoms with Gasteiger partial charge in [0.1, 0.15) is 0 Å². The van der Waals surface area contributed by atoms with E-state index in [9.17, 15) is 0 Å². The number of nitrogens with zero attached hydrogens (tertiary/aromatic N) is 1. The quantitative estimate of drug-likeness (QED) is 0.861. The normalized spacial score (nSPS) is 19.6. The molecule has 1 saturated heterocycles. The second-order valence-electron chi connectivity index (χ2n) is 4.23. The summed E-state index contributed by atoms with van der Waals surface area (Å²) in [6.07, 6.45) is 4.14. The molecule has 2 heterocycles. The number of nitrogens with two attached hydrogens (primary N) is 1. The van der Waals surface area contributed by atoms with Crippen LogP contribution in [0.1, 0.15) is 24.5 Å². The van der Waals surface area contributed by atoms with Gasteiger partial charge in [0, 0.05) is 6.61 Å². The van der Waals surface area contributed by atoms with Crippen LogP contribution in [0.3, 0.4) is 0 Å². The molecule has 1 aromatic heterocycles. The van der Waals surface area contributed by atoms with Gasteiger partial charge in [0.05, 0.1) is 17.9 Å². The third-order valence-electron chi connectivity index (χ3n) is 3.12. The van der Waals surface area contributed by atoms with Gasteiger partial charge in [0.25, 0.3) is 0 Å². The number of rotatable bonds is 2. The number of benzene rings is 1. The number of anilines is 1. The molecule has 1 atom stereocenters. The van der Waals surface area contributed by atoms with Crippen LogP contribution in [0.25, 0.3) is 11.1 Å². The van der Waals surface area contributed by atoms with Gasteiger partial charge in [-0.05, 0) is 24.0 Å². The maximum Gasteiger partial charge on any atom is 0.229 e. The van der Waals surface area contributed by atoms with E-state index in [2.05, 4.69) is 17.3 Å². The Hall–Kier alpha value is -1.81. The first-order chi connectivity index (χ1) is 8.34. The minimum absolute atomic E-state index is 0.254. The highest BCUT2D eigenvalue weighted by Crippen LogP contribution is 2.31. The minimum Gasteiger partial charge on any atom is -0.374 e. The molecule has 1 aromatic carbocycles. The Morgan fingerprint density at radius 2 is 2.06 bits per heavy atom. The van der Waals surface area contributed by atoms with E-state index < -0.39 is 0 Å². The molecule has 2 N–H and O–H groups in total. The Morgan fingerprint density at radius 3 is 2.65 bits per heavy atom. The number of nitrogen functional groups attached to an aromatic ring is 1. The largest absolute Gasteiger partial charge is 0.374 e. The summed E-state index contributed by atoms with van der Waals surface area (Å²) in [7, 11) is 0. The molecule has 17 heavy (non-hydrogen) atoms. The van der Waals surface area contributed by atoms with Gasteiger partial charge >= 0.3 is 0 Å². The highest BCUT2D eigenvalue weighted by molar-refractivity contribution is 5.71. The third kappa shape index (κ3) is 1.91. The maximum atomic E-state index is 5.68. The second-order valence-corrected chi connectivity index (χ2v) is 4.23. The molecule has 1 fully saturated rings. The molecular weight excluding hydrogens is 216 g/mol. The van der Waals surface area contributed by atoms with Gasteiger partial charge < -0.3 is 15.0 Å². The van der Waals surface area contributed by atoms with Gasteiger partial charge in [-0.25, -0.2) is 0 Å². The molecule has 3 rings (SSSR count). The van der Waals surface area contributed by atoms with Gasteiger partial charge in [0.15, 0.2) is 0 Å². The maximum absolute atomic E-state index is 5.68. The van der Waals surface area contributed by atoms with E-state index in [-0.39, 0.29) is 6.10 Å². The highest BCUT2D eigenvalue weighted by atomic mass is 16.5. The fourth-order valence-corrected chi connectivity index (χ4v) is 2.18. The molecule has 0 radical (unpaired) electrons. The van der Waals surface area contributed by atoms with E-state index in [0.717, 1.165) is 30.6 Å². The predicted molar refractivity (Wildman–Crippen MR) is 64.3 cm³/mol. The van der Waals surface area contributed by atoms with Crippen molar-refractivity contribution in [2.75, 3.05) is 12.3 Å². The Kier molecular flexibility index (Phi) is 2.57. The van der Waals surface area contributed by atoms with Crippen LogP contribution >= 0.6 is 0 Å². The van der Waals surface area contributed by atoms with E-state index in [0.29, 0.717) is 5.88 Å². The monoisotopic (exact) mass is 230 g/mol. The van der Waals surface area contributed by atoms with Crippen LogP contribution in [0.15, 0.2) is 35.0 Å². The Labute approximate surface area is 99.4 Å². The Balaban J connectivity index is 1.87. The summed E-state index contributed by atoms with van der Waals surface area (Å²) in [5, 5.41) is 3.67. The van der Waals surface area contributed by atoms with Gasteiger partial charge in [-0.15, -0.1) is 0 Å². The zero-order valence-electron chi connectivity index (χ0n) is 9.43. The van der Waals surface area contributed by atoms with Gasteiger partial charge in [0.2, 0.25) is 5.88 Å². The zero-order chi connectivity index (χ0) is 11.7. The minimum atomic E-state index is 0.254. The van der Waals surface area contributed by atoms with E-state index in [1.807, 2.05) is 12.1 Å². The van der Waals surface area contributed by atoms with Crippen molar-refractivity contribution < 1.29 is 9.26 Å². The zero-order valence-corrected chi connectivity index (χ0v) is 9.43. The molecule has 88 valence electrons. The van der Waals surface area contributed by atoms with Crippen molar-refractivity contribution in [2.24, 2.45) is 0 Å². The van der Waals surface area contributed by atoms with Crippen molar-refractivity contribution >= 4 is 5.88 Å². The predicted octanol–water partition coefficient (Wildman–Crippen LogP) is 2.78. The lowest BCUT2D eigenvalue weighted by atomic mass is 10.0. The topological polar surface area (TPSA) is 61.3 Å². The third-order valence-corrected chi connectivity index (χ3v) is 3.12. The SMILES string of the molecule is Nc1oncc1-c1ccc(C2CCCO2)cc1. The average molecular weight is 230 g/mol. The van der Waals surface area contributed by atoms with E-state index in [1.54, 1.807) is 6.20 Å². The molecule has 0 spiro atoms. The summed E-state index contributed by atoms with van der Waals surface area (Å²) < 4.78 is 10.5. The molecule has 4 heteroatoms. The van der Waals surface area contributed by atoms with Gasteiger partial charge in [-0.1, -0.05) is 29.4 Å². The van der Waals surface area contributed by atoms with Crippen molar-refractivity contribution in [3.8, 4) is 11.1 Å². The lowest BCUT2D eigenvalue weighted by Crippen LogP contribution is -1.95. The molecule has 1 aliphatic rings. The van der Waals surface area contributed by atoms with Gasteiger partial charge in [-0.2, -0.15) is 0 Å².